The number of hydrogen-bond acceptors (Lipinski definition) is 5. The van der Waals surface area contributed by atoms with Crippen LogP contribution in [-0.4, -0.2) is 34.6 Å². The number of aromatic nitrogens is 2. The molecule has 0 amide bonds. The van der Waals surface area contributed by atoms with Crippen LogP contribution < -0.4 is 10.3 Å². The molecule has 1 heterocycles. The quantitative estimate of drug-likeness (QED) is 0.598. The number of methoxy groups -OCH3 is 2. The van der Waals surface area contributed by atoms with Gasteiger partial charge in [0.15, 0.2) is 0 Å². The van der Waals surface area contributed by atoms with Gasteiger partial charge in [0.1, 0.15) is 4.83 Å². The number of alkyl halides is 1. The first kappa shape index (κ1) is 13.7. The second kappa shape index (κ2) is 5.81. The van der Waals surface area contributed by atoms with Crippen LogP contribution in [-0.2, 0) is 16.1 Å². The third-order valence-corrected chi connectivity index (χ3v) is 2.75. The number of ether oxygens (including phenoxy) is 2. The third kappa shape index (κ3) is 3.29. The zero-order valence-electron chi connectivity index (χ0n) is 9.77. The first-order valence-corrected chi connectivity index (χ1v) is 5.75. The molecule has 0 aromatic carbocycles. The number of hydrogen-bond donors (Lipinski definition) is 0. The summed E-state index contributed by atoms with van der Waals surface area (Å²) in [7, 11) is 2.70. The molecular weight excluding hydrogens is 292 g/mol. The largest absolute Gasteiger partial charge is 0.468 e. The highest BCUT2D eigenvalue weighted by atomic mass is 79.9. The molecule has 0 aliphatic rings. The Morgan fingerprint density at radius 3 is 2.76 bits per heavy atom. The van der Waals surface area contributed by atoms with Gasteiger partial charge in [-0.25, -0.2) is 4.98 Å². The molecule has 0 fully saturated rings. The van der Waals surface area contributed by atoms with Crippen LogP contribution in [0.15, 0.2) is 10.9 Å². The summed E-state index contributed by atoms with van der Waals surface area (Å²) < 4.78 is 10.8. The molecule has 17 heavy (non-hydrogen) atoms. The summed E-state index contributed by atoms with van der Waals surface area (Å²) in [4.78, 5) is 26.4. The van der Waals surface area contributed by atoms with E-state index in [1.165, 1.54) is 24.9 Å². The summed E-state index contributed by atoms with van der Waals surface area (Å²) in [5, 5.41) is 0. The summed E-state index contributed by atoms with van der Waals surface area (Å²) in [5.41, 5.74) is 0.287. The highest BCUT2D eigenvalue weighted by Gasteiger charge is 2.19. The van der Waals surface area contributed by atoms with Crippen molar-refractivity contribution >= 4 is 21.9 Å². The first-order chi connectivity index (χ1) is 7.99. The Morgan fingerprint density at radius 1 is 1.59 bits per heavy atom. The molecule has 0 spiro atoms. The van der Waals surface area contributed by atoms with Crippen LogP contribution in [0, 0.1) is 6.92 Å². The number of carbonyl (C=O) groups excluding carboxylic acids is 1. The van der Waals surface area contributed by atoms with E-state index in [-0.39, 0.29) is 18.1 Å². The molecule has 1 aromatic heterocycles. The molecule has 0 aliphatic heterocycles. The van der Waals surface area contributed by atoms with E-state index in [4.69, 9.17) is 4.74 Å². The van der Waals surface area contributed by atoms with Crippen LogP contribution in [0.5, 0.6) is 6.01 Å². The fourth-order valence-corrected chi connectivity index (χ4v) is 1.76. The van der Waals surface area contributed by atoms with Gasteiger partial charge in [-0.2, -0.15) is 0 Å². The molecule has 6 nitrogen and oxygen atoms in total. The number of esters is 1. The van der Waals surface area contributed by atoms with Crippen molar-refractivity contribution in [3.05, 3.63) is 22.1 Å². The molecule has 0 bridgehead atoms. The SMILES string of the molecule is COC(=O)C(Br)Cn1c(OC)nc(C)cc1=O. The molecule has 0 N–H and O–H groups in total. The van der Waals surface area contributed by atoms with Crippen molar-refractivity contribution in [1.82, 2.24) is 9.55 Å². The van der Waals surface area contributed by atoms with Crippen molar-refractivity contribution < 1.29 is 14.3 Å². The molecule has 0 saturated carbocycles. The van der Waals surface area contributed by atoms with E-state index in [1.807, 2.05) is 0 Å². The number of carbonyl (C=O) groups is 1. The fourth-order valence-electron chi connectivity index (χ4n) is 1.28. The van der Waals surface area contributed by atoms with Crippen LogP contribution in [0.4, 0.5) is 0 Å². The van der Waals surface area contributed by atoms with E-state index in [2.05, 4.69) is 25.7 Å². The molecule has 94 valence electrons. The van der Waals surface area contributed by atoms with E-state index >= 15 is 0 Å². The van der Waals surface area contributed by atoms with Crippen LogP contribution in [0.1, 0.15) is 5.69 Å². The second-order valence-corrected chi connectivity index (χ2v) is 4.43. The Morgan fingerprint density at radius 2 is 2.24 bits per heavy atom. The van der Waals surface area contributed by atoms with Gasteiger partial charge in [-0.15, -0.1) is 0 Å². The second-order valence-electron chi connectivity index (χ2n) is 3.32. The maximum Gasteiger partial charge on any atom is 0.321 e. The van der Waals surface area contributed by atoms with Crippen molar-refractivity contribution in [2.24, 2.45) is 0 Å². The van der Waals surface area contributed by atoms with Gasteiger partial charge < -0.3 is 9.47 Å². The van der Waals surface area contributed by atoms with Gasteiger partial charge in [0.2, 0.25) is 0 Å². The van der Waals surface area contributed by atoms with Gasteiger partial charge in [-0.05, 0) is 6.92 Å². The lowest BCUT2D eigenvalue weighted by Crippen LogP contribution is -2.30. The van der Waals surface area contributed by atoms with Crippen molar-refractivity contribution in [3.63, 3.8) is 0 Å². The molecule has 1 unspecified atom stereocenters. The van der Waals surface area contributed by atoms with Crippen LogP contribution in [0.3, 0.4) is 0 Å². The highest BCUT2D eigenvalue weighted by molar-refractivity contribution is 9.10. The molecule has 1 atom stereocenters. The first-order valence-electron chi connectivity index (χ1n) is 4.84. The molecular formula is C10H13BrN2O4. The van der Waals surface area contributed by atoms with Gasteiger partial charge in [0.05, 0.1) is 20.8 Å². The van der Waals surface area contributed by atoms with Gasteiger partial charge in [-0.3, -0.25) is 14.2 Å². The number of aryl methyl sites for hydroxylation is 1. The summed E-state index contributed by atoms with van der Waals surface area (Å²) in [5.74, 6) is -0.459. The zero-order valence-corrected chi connectivity index (χ0v) is 11.4. The predicted octanol–water partition coefficient (Wildman–Crippen LogP) is 0.497. The van der Waals surface area contributed by atoms with Crippen LogP contribution in [0.25, 0.3) is 0 Å². The summed E-state index contributed by atoms with van der Waals surface area (Å²) in [6.07, 6.45) is 0. The Bertz CT molecular complexity index is 472. The summed E-state index contributed by atoms with van der Waals surface area (Å²) in [6.45, 7) is 1.79. The number of rotatable bonds is 4. The Kier molecular flexibility index (Phi) is 4.68. The smallest absolute Gasteiger partial charge is 0.321 e. The lowest BCUT2D eigenvalue weighted by atomic mass is 10.4. The van der Waals surface area contributed by atoms with Crippen LogP contribution in [0.2, 0.25) is 0 Å². The minimum absolute atomic E-state index is 0.0992. The molecule has 7 heteroatoms. The van der Waals surface area contributed by atoms with Gasteiger partial charge >= 0.3 is 5.97 Å². The summed E-state index contributed by atoms with van der Waals surface area (Å²) >= 11 is 3.14. The molecule has 1 rings (SSSR count). The topological polar surface area (TPSA) is 70.4 Å². The lowest BCUT2D eigenvalue weighted by Gasteiger charge is -2.13. The minimum atomic E-state index is -0.622. The van der Waals surface area contributed by atoms with Crippen LogP contribution >= 0.6 is 15.9 Å². The maximum atomic E-state index is 11.7. The fraction of sp³-hybridized carbons (Fsp3) is 0.500. The molecule has 0 radical (unpaired) electrons. The normalized spacial score (nSPS) is 12.0. The van der Waals surface area contributed by atoms with Crippen molar-refractivity contribution in [2.75, 3.05) is 14.2 Å². The minimum Gasteiger partial charge on any atom is -0.468 e. The van der Waals surface area contributed by atoms with E-state index in [0.717, 1.165) is 0 Å². The lowest BCUT2D eigenvalue weighted by molar-refractivity contribution is -0.140. The van der Waals surface area contributed by atoms with E-state index in [9.17, 15) is 9.59 Å². The van der Waals surface area contributed by atoms with Crippen molar-refractivity contribution in [2.45, 2.75) is 18.3 Å². The van der Waals surface area contributed by atoms with Gasteiger partial charge in [-0.1, -0.05) is 15.9 Å². The molecule has 0 saturated heterocycles. The average molecular weight is 305 g/mol. The van der Waals surface area contributed by atoms with E-state index in [1.54, 1.807) is 6.92 Å². The van der Waals surface area contributed by atoms with E-state index in [0.29, 0.717) is 5.69 Å². The van der Waals surface area contributed by atoms with Crippen molar-refractivity contribution in [3.8, 4) is 6.01 Å². The highest BCUT2D eigenvalue weighted by Crippen LogP contribution is 2.10. The van der Waals surface area contributed by atoms with Crippen molar-refractivity contribution in [1.29, 1.82) is 0 Å². The van der Waals surface area contributed by atoms with Gasteiger partial charge in [0.25, 0.3) is 11.6 Å². The Balaban J connectivity index is 3.06. The number of nitrogens with zero attached hydrogens (tertiary/aromatic N) is 2. The Hall–Kier alpha value is -1.37. The van der Waals surface area contributed by atoms with E-state index < -0.39 is 10.8 Å². The standard InChI is InChI=1S/C10H13BrN2O4/c1-6-4-8(14)13(10(12-6)17-3)5-7(11)9(15)16-2/h4,7H,5H2,1-3H3. The Labute approximate surface area is 107 Å². The monoisotopic (exact) mass is 304 g/mol. The predicted molar refractivity (Wildman–Crippen MR) is 64.5 cm³/mol. The zero-order chi connectivity index (χ0) is 13.0. The summed E-state index contributed by atoms with van der Waals surface area (Å²) in [6, 6.07) is 1.54. The van der Waals surface area contributed by atoms with Gasteiger partial charge in [0, 0.05) is 11.8 Å². The average Bonchev–Trinajstić information content (AvgIpc) is 2.30. The third-order valence-electron chi connectivity index (χ3n) is 2.08. The number of halogens is 1. The maximum absolute atomic E-state index is 11.7. The molecule has 0 aliphatic carbocycles. The molecule has 1 aromatic rings.